The zero-order chi connectivity index (χ0) is 27.4. The molecule has 2 heteroatoms. The first-order valence-electron chi connectivity index (χ1n) is 14.2. The first-order chi connectivity index (χ1) is 19.5. The van der Waals surface area contributed by atoms with Gasteiger partial charge in [-0.1, -0.05) is 105 Å². The molecular weight excluding hydrogens is 484 g/mol. The molecule has 2 aliphatic rings. The van der Waals surface area contributed by atoms with Crippen LogP contribution in [0.2, 0.25) is 0 Å². The number of aromatic amines is 1. The molecule has 0 saturated heterocycles. The topological polar surface area (TPSA) is 19.0 Å². The van der Waals surface area contributed by atoms with Gasteiger partial charge in [-0.15, -0.1) is 0 Å². The van der Waals surface area contributed by atoms with Gasteiger partial charge in [0, 0.05) is 44.0 Å². The third-order valence-electron chi connectivity index (χ3n) is 8.76. The van der Waals surface area contributed by atoms with Gasteiger partial charge in [0.05, 0.1) is 5.52 Å². The third-order valence-corrected chi connectivity index (χ3v) is 8.76. The molecule has 2 nitrogen and oxygen atoms in total. The quantitative estimate of drug-likeness (QED) is 0.249. The Bertz CT molecular complexity index is 2070. The van der Waals surface area contributed by atoms with Gasteiger partial charge >= 0.3 is 0 Å². The third kappa shape index (κ3) is 3.63. The van der Waals surface area contributed by atoms with Crippen molar-refractivity contribution in [3.8, 4) is 11.1 Å². The highest BCUT2D eigenvalue weighted by Crippen LogP contribution is 2.52. The Morgan fingerprint density at radius 3 is 2.48 bits per heavy atom. The van der Waals surface area contributed by atoms with Gasteiger partial charge in [-0.2, -0.15) is 0 Å². The fraction of sp³-hybridized carbons (Fsp3) is 0.158. The van der Waals surface area contributed by atoms with Gasteiger partial charge in [0.2, 0.25) is 0 Å². The Labute approximate surface area is 235 Å². The van der Waals surface area contributed by atoms with Crippen molar-refractivity contribution in [1.82, 2.24) is 4.98 Å². The predicted octanol–water partition coefficient (Wildman–Crippen LogP) is 8.34. The molecule has 0 amide bonds. The Kier molecular flexibility index (Phi) is 5.68. The van der Waals surface area contributed by atoms with Crippen molar-refractivity contribution in [1.29, 1.82) is 0 Å². The van der Waals surface area contributed by atoms with Crippen LogP contribution >= 0.6 is 0 Å². The lowest BCUT2D eigenvalue weighted by atomic mass is 9.72. The fourth-order valence-corrected chi connectivity index (χ4v) is 6.71. The van der Waals surface area contributed by atoms with Gasteiger partial charge in [0.15, 0.2) is 0 Å². The number of nitrogens with zero attached hydrogens (tertiary/aromatic N) is 1. The first kappa shape index (κ1) is 24.5. The van der Waals surface area contributed by atoms with Crippen molar-refractivity contribution >= 4 is 34.9 Å². The predicted molar refractivity (Wildman–Crippen MR) is 170 cm³/mol. The lowest BCUT2D eigenvalue weighted by Gasteiger charge is -2.43. The number of nitrogens with one attached hydrogen (secondary N) is 1. The van der Waals surface area contributed by atoms with Crippen LogP contribution in [0, 0.1) is 10.4 Å². The van der Waals surface area contributed by atoms with E-state index in [0.29, 0.717) is 0 Å². The van der Waals surface area contributed by atoms with Crippen LogP contribution < -0.4 is 15.5 Å². The van der Waals surface area contributed by atoms with Crippen LogP contribution in [0.4, 0.5) is 11.4 Å². The van der Waals surface area contributed by atoms with Crippen LogP contribution in [0.25, 0.3) is 34.7 Å². The summed E-state index contributed by atoms with van der Waals surface area (Å²) in [5.41, 5.74) is 10.1. The van der Waals surface area contributed by atoms with Gasteiger partial charge in [-0.25, -0.2) is 0 Å². The zero-order valence-electron chi connectivity index (χ0n) is 23.5. The summed E-state index contributed by atoms with van der Waals surface area (Å²) in [4.78, 5) is 6.27. The molecule has 0 atom stereocenters. The summed E-state index contributed by atoms with van der Waals surface area (Å²) in [6.07, 6.45) is 11.0. The Morgan fingerprint density at radius 2 is 1.68 bits per heavy atom. The number of para-hydroxylation sites is 2. The number of allylic oxidation sites excluding steroid dienone is 4. The van der Waals surface area contributed by atoms with E-state index in [2.05, 4.69) is 146 Å². The molecule has 0 bridgehead atoms. The molecule has 40 heavy (non-hydrogen) atoms. The van der Waals surface area contributed by atoms with Crippen molar-refractivity contribution in [2.45, 2.75) is 39.0 Å². The number of anilines is 2. The van der Waals surface area contributed by atoms with E-state index >= 15 is 0 Å². The molecule has 0 radical (unpaired) electrons. The maximum Gasteiger partial charge on any atom is 0.0544 e. The van der Waals surface area contributed by atoms with Crippen LogP contribution in [0.15, 0.2) is 109 Å². The van der Waals surface area contributed by atoms with Crippen molar-refractivity contribution < 1.29 is 0 Å². The molecule has 1 N–H and O–H groups in total. The summed E-state index contributed by atoms with van der Waals surface area (Å²) in [5, 5.41) is 5.80. The van der Waals surface area contributed by atoms with Crippen molar-refractivity contribution in [2.24, 2.45) is 0 Å². The summed E-state index contributed by atoms with van der Waals surface area (Å²) >= 11 is 0. The molecule has 196 valence electrons. The largest absolute Gasteiger partial charge is 0.354 e. The van der Waals surface area contributed by atoms with E-state index in [1.54, 1.807) is 0 Å². The minimum atomic E-state index is -0.131. The number of hydrogen-bond acceptors (Lipinski definition) is 1. The van der Waals surface area contributed by atoms with E-state index in [1.165, 1.54) is 60.7 Å². The maximum atomic E-state index is 4.33. The molecule has 1 aliphatic carbocycles. The van der Waals surface area contributed by atoms with Gasteiger partial charge in [0.25, 0.3) is 0 Å². The number of H-pyrrole nitrogens is 1. The van der Waals surface area contributed by atoms with Crippen LogP contribution in [0.3, 0.4) is 0 Å². The summed E-state index contributed by atoms with van der Waals surface area (Å²) in [7, 11) is 0. The van der Waals surface area contributed by atoms with E-state index < -0.39 is 0 Å². The van der Waals surface area contributed by atoms with Gasteiger partial charge in [0.1, 0.15) is 0 Å². The highest BCUT2D eigenvalue weighted by atomic mass is 15.2. The molecule has 0 spiro atoms. The van der Waals surface area contributed by atoms with Crippen molar-refractivity contribution in [3.63, 3.8) is 0 Å². The highest BCUT2D eigenvalue weighted by Gasteiger charge is 2.37. The normalized spacial score (nSPS) is 17.0. The van der Waals surface area contributed by atoms with Crippen LogP contribution in [0.1, 0.15) is 44.7 Å². The number of aromatic nitrogens is 1. The second-order valence-corrected chi connectivity index (χ2v) is 11.4. The van der Waals surface area contributed by atoms with Gasteiger partial charge in [-0.3, -0.25) is 0 Å². The summed E-state index contributed by atoms with van der Waals surface area (Å²) in [5.74, 6) is 0. The van der Waals surface area contributed by atoms with E-state index in [4.69, 9.17) is 0 Å². The zero-order valence-corrected chi connectivity index (χ0v) is 23.5. The molecule has 0 fully saturated rings. The van der Waals surface area contributed by atoms with E-state index in [9.17, 15) is 0 Å². The molecule has 1 aliphatic heterocycles. The molecule has 5 aromatic rings. The fourth-order valence-electron chi connectivity index (χ4n) is 6.71. The Morgan fingerprint density at radius 1 is 0.875 bits per heavy atom. The Hall–Kier alpha value is -4.56. The average molecular weight is 519 g/mol. The summed E-state index contributed by atoms with van der Waals surface area (Å²) < 4.78 is 0. The summed E-state index contributed by atoms with van der Waals surface area (Å²) in [6, 6.07) is 31.0. The van der Waals surface area contributed by atoms with Crippen molar-refractivity contribution in [2.75, 3.05) is 4.90 Å². The second kappa shape index (κ2) is 9.27. The maximum absolute atomic E-state index is 4.33. The van der Waals surface area contributed by atoms with Crippen LogP contribution in [0.5, 0.6) is 0 Å². The number of hydrogen-bond donors (Lipinski definition) is 1. The molecular formula is C38H34N2. The van der Waals surface area contributed by atoms with Crippen LogP contribution in [-0.2, 0) is 5.41 Å². The molecule has 0 unspecified atom stereocenters. The molecule has 0 saturated carbocycles. The van der Waals surface area contributed by atoms with Gasteiger partial charge < -0.3 is 9.88 Å². The molecule has 7 rings (SSSR count). The monoisotopic (exact) mass is 518 g/mol. The van der Waals surface area contributed by atoms with Crippen molar-refractivity contribution in [3.05, 3.63) is 141 Å². The van der Waals surface area contributed by atoms with E-state index in [1.807, 2.05) is 0 Å². The summed E-state index contributed by atoms with van der Waals surface area (Å²) in [6.45, 7) is 11.2. The van der Waals surface area contributed by atoms with E-state index in [0.717, 1.165) is 23.4 Å². The highest BCUT2D eigenvalue weighted by molar-refractivity contribution is 5.96. The molecule has 1 aromatic heterocycles. The minimum Gasteiger partial charge on any atom is -0.354 e. The number of benzene rings is 4. The molecule has 4 aromatic carbocycles. The molecule has 2 heterocycles. The second-order valence-electron chi connectivity index (χ2n) is 11.4. The average Bonchev–Trinajstić information content (AvgIpc) is 3.37. The van der Waals surface area contributed by atoms with E-state index in [-0.39, 0.29) is 5.41 Å². The van der Waals surface area contributed by atoms with Gasteiger partial charge in [-0.05, 0) is 71.2 Å². The SMILES string of the molecule is C=c1cccc/c1=c1/c(=C\C)[nH]c2c(-c3ccc4c(c3)C(C)(C)c3ccccc3N4C3=CC=CCC3)cccc12. The van der Waals surface area contributed by atoms with Crippen LogP contribution in [-0.4, -0.2) is 4.98 Å². The first-order valence-corrected chi connectivity index (χ1v) is 14.2. The minimum absolute atomic E-state index is 0.131. The lowest BCUT2D eigenvalue weighted by molar-refractivity contribution is 0.628. The number of fused-ring (bicyclic) bond motifs is 3. The smallest absolute Gasteiger partial charge is 0.0544 e. The standard InChI is InChI=1S/C38H34N2/c1-5-33-36(28-17-10-9-14-25(28)2)30-19-13-18-29(37(30)39-33)26-22-23-35-32(24-26)38(3,4)31-20-11-12-21-34(31)40(35)27-15-7-6-8-16-27/h5-7,9-15,17-24,39H,2,8,16H2,1,3-4H3/b33-5+,36-28-. The number of rotatable bonds is 2. The lowest BCUT2D eigenvalue weighted by Crippen LogP contribution is -2.32. The Balaban J connectivity index is 1.50.